The summed E-state index contributed by atoms with van der Waals surface area (Å²) in [6.07, 6.45) is 3.64. The van der Waals surface area contributed by atoms with Gasteiger partial charge < -0.3 is 31.5 Å². The quantitative estimate of drug-likeness (QED) is 0.496. The zero-order chi connectivity index (χ0) is 23.2. The standard InChI is InChI=1S/C23H32N8O2/c1-16(32)30-9-11-31(12-10-30)19-4-2-3-18(13-19)28-23-27-15-20(21(24)33)22(29-23)26-14-17-5-7-25-8-6-17/h2-4,13,15,17,25H,5-12,14H2,1H3,(H2,24,33)(H2,26,27,28,29). The van der Waals surface area contributed by atoms with Crippen molar-refractivity contribution in [3.8, 4) is 0 Å². The maximum atomic E-state index is 11.9. The summed E-state index contributed by atoms with van der Waals surface area (Å²) in [5.74, 6) is 0.937. The summed E-state index contributed by atoms with van der Waals surface area (Å²) in [6.45, 7) is 7.37. The summed E-state index contributed by atoms with van der Waals surface area (Å²) in [5, 5.41) is 9.90. The lowest BCUT2D eigenvalue weighted by Crippen LogP contribution is -2.48. The van der Waals surface area contributed by atoms with Crippen molar-refractivity contribution in [1.82, 2.24) is 20.2 Å². The normalized spacial score (nSPS) is 17.0. The van der Waals surface area contributed by atoms with E-state index in [0.717, 1.165) is 70.0 Å². The van der Waals surface area contributed by atoms with Crippen molar-refractivity contribution < 1.29 is 9.59 Å². The molecule has 10 nitrogen and oxygen atoms in total. The molecule has 0 aliphatic carbocycles. The van der Waals surface area contributed by atoms with Gasteiger partial charge >= 0.3 is 0 Å². The summed E-state index contributed by atoms with van der Waals surface area (Å²) in [5.41, 5.74) is 7.74. The van der Waals surface area contributed by atoms with Crippen LogP contribution in [-0.4, -0.2) is 72.5 Å². The number of nitrogens with one attached hydrogen (secondary N) is 3. The highest BCUT2D eigenvalue weighted by atomic mass is 16.2. The zero-order valence-corrected chi connectivity index (χ0v) is 19.0. The Hall–Kier alpha value is -3.40. The van der Waals surface area contributed by atoms with E-state index in [1.165, 1.54) is 6.20 Å². The molecular weight excluding hydrogens is 420 g/mol. The van der Waals surface area contributed by atoms with Gasteiger partial charge in [0.2, 0.25) is 11.9 Å². The number of aromatic nitrogens is 2. The van der Waals surface area contributed by atoms with E-state index in [2.05, 4.69) is 36.9 Å². The second kappa shape index (κ2) is 10.5. The Balaban J connectivity index is 1.44. The number of nitrogens with two attached hydrogens (primary N) is 1. The molecule has 5 N–H and O–H groups in total. The van der Waals surface area contributed by atoms with Gasteiger partial charge in [0.1, 0.15) is 5.82 Å². The number of anilines is 4. The van der Waals surface area contributed by atoms with Crippen LogP contribution in [-0.2, 0) is 4.79 Å². The summed E-state index contributed by atoms with van der Waals surface area (Å²) in [4.78, 5) is 36.4. The average Bonchev–Trinajstić information content (AvgIpc) is 2.83. The minimum absolute atomic E-state index is 0.117. The van der Waals surface area contributed by atoms with Gasteiger partial charge in [-0.25, -0.2) is 4.98 Å². The Morgan fingerprint density at radius 3 is 2.64 bits per heavy atom. The molecule has 2 aromatic rings. The Bertz CT molecular complexity index is 984. The van der Waals surface area contributed by atoms with E-state index in [-0.39, 0.29) is 11.5 Å². The second-order valence-electron chi connectivity index (χ2n) is 8.56. The van der Waals surface area contributed by atoms with Crippen LogP contribution in [0.1, 0.15) is 30.1 Å². The van der Waals surface area contributed by atoms with Crippen molar-refractivity contribution in [1.29, 1.82) is 0 Å². The van der Waals surface area contributed by atoms with Gasteiger partial charge in [0.05, 0.1) is 5.56 Å². The monoisotopic (exact) mass is 452 g/mol. The molecule has 1 aromatic heterocycles. The molecule has 4 rings (SSSR count). The number of hydrogen-bond donors (Lipinski definition) is 4. The number of piperazine rings is 1. The van der Waals surface area contributed by atoms with Gasteiger partial charge in [-0.1, -0.05) is 6.07 Å². The van der Waals surface area contributed by atoms with Crippen molar-refractivity contribution in [3.63, 3.8) is 0 Å². The average molecular weight is 453 g/mol. The topological polar surface area (TPSA) is 129 Å². The molecule has 0 atom stereocenters. The number of carbonyl (C=O) groups is 2. The summed E-state index contributed by atoms with van der Waals surface area (Å²) in [6, 6.07) is 8.01. The molecule has 0 radical (unpaired) electrons. The lowest BCUT2D eigenvalue weighted by atomic mass is 9.98. The molecule has 10 heteroatoms. The summed E-state index contributed by atoms with van der Waals surface area (Å²) >= 11 is 0. The molecule has 2 aliphatic rings. The van der Waals surface area contributed by atoms with E-state index in [4.69, 9.17) is 5.73 Å². The first-order chi connectivity index (χ1) is 16.0. The second-order valence-corrected chi connectivity index (χ2v) is 8.56. The smallest absolute Gasteiger partial charge is 0.254 e. The third-order valence-corrected chi connectivity index (χ3v) is 6.26. The molecule has 2 aliphatic heterocycles. The van der Waals surface area contributed by atoms with Gasteiger partial charge in [-0.2, -0.15) is 4.98 Å². The lowest BCUT2D eigenvalue weighted by molar-refractivity contribution is -0.129. The number of hydrogen-bond acceptors (Lipinski definition) is 8. The Morgan fingerprint density at radius 1 is 1.18 bits per heavy atom. The van der Waals surface area contributed by atoms with Gasteiger partial charge in [0.25, 0.3) is 5.91 Å². The van der Waals surface area contributed by atoms with Crippen LogP contribution in [0.5, 0.6) is 0 Å². The van der Waals surface area contributed by atoms with Crippen LogP contribution in [0.3, 0.4) is 0 Å². The summed E-state index contributed by atoms with van der Waals surface area (Å²) in [7, 11) is 0. The third-order valence-electron chi connectivity index (χ3n) is 6.26. The molecular formula is C23H32N8O2. The highest BCUT2D eigenvalue weighted by Gasteiger charge is 2.19. The van der Waals surface area contributed by atoms with Gasteiger partial charge in [0, 0.05) is 57.2 Å². The molecule has 0 unspecified atom stereocenters. The van der Waals surface area contributed by atoms with E-state index < -0.39 is 5.91 Å². The number of piperidine rings is 1. The molecule has 2 saturated heterocycles. The fraction of sp³-hybridized carbons (Fsp3) is 0.478. The van der Waals surface area contributed by atoms with Crippen LogP contribution < -0.4 is 26.6 Å². The third kappa shape index (κ3) is 5.89. The van der Waals surface area contributed by atoms with E-state index in [1.54, 1.807) is 6.92 Å². The first kappa shape index (κ1) is 22.8. The van der Waals surface area contributed by atoms with Crippen LogP contribution in [0.25, 0.3) is 0 Å². The molecule has 3 heterocycles. The number of benzene rings is 1. The molecule has 0 bridgehead atoms. The Kier molecular flexibility index (Phi) is 7.23. The van der Waals surface area contributed by atoms with Crippen LogP contribution in [0.4, 0.5) is 23.1 Å². The van der Waals surface area contributed by atoms with Gasteiger partial charge in [0.15, 0.2) is 0 Å². The van der Waals surface area contributed by atoms with Crippen molar-refractivity contribution in [3.05, 3.63) is 36.0 Å². The minimum atomic E-state index is -0.555. The molecule has 0 saturated carbocycles. The molecule has 176 valence electrons. The van der Waals surface area contributed by atoms with Gasteiger partial charge in [-0.15, -0.1) is 0 Å². The summed E-state index contributed by atoms with van der Waals surface area (Å²) < 4.78 is 0. The molecule has 0 spiro atoms. The fourth-order valence-electron chi connectivity index (χ4n) is 4.27. The van der Waals surface area contributed by atoms with Crippen LogP contribution in [0.15, 0.2) is 30.5 Å². The van der Waals surface area contributed by atoms with E-state index in [0.29, 0.717) is 17.7 Å². The van der Waals surface area contributed by atoms with Crippen LogP contribution in [0, 0.1) is 5.92 Å². The molecule has 2 fully saturated rings. The highest BCUT2D eigenvalue weighted by molar-refractivity contribution is 5.97. The zero-order valence-electron chi connectivity index (χ0n) is 19.0. The maximum Gasteiger partial charge on any atom is 0.254 e. The maximum absolute atomic E-state index is 11.9. The molecule has 2 amide bonds. The van der Waals surface area contributed by atoms with Crippen molar-refractivity contribution in [2.45, 2.75) is 19.8 Å². The predicted octanol–water partition coefficient (Wildman–Crippen LogP) is 1.40. The fourth-order valence-corrected chi connectivity index (χ4v) is 4.27. The number of nitrogens with zero attached hydrogens (tertiary/aromatic N) is 4. The number of rotatable bonds is 7. The minimum Gasteiger partial charge on any atom is -0.369 e. The van der Waals surface area contributed by atoms with E-state index in [1.807, 2.05) is 23.1 Å². The Labute approximate surface area is 193 Å². The number of primary amides is 1. The predicted molar refractivity (Wildman–Crippen MR) is 129 cm³/mol. The SMILES string of the molecule is CC(=O)N1CCN(c2cccc(Nc3ncc(C(N)=O)c(NCC4CCNCC4)n3)c2)CC1. The molecule has 1 aromatic carbocycles. The van der Waals surface area contributed by atoms with Crippen molar-refractivity contribution in [2.24, 2.45) is 11.7 Å². The first-order valence-electron chi connectivity index (χ1n) is 11.5. The van der Waals surface area contributed by atoms with E-state index >= 15 is 0 Å². The molecule has 33 heavy (non-hydrogen) atoms. The van der Waals surface area contributed by atoms with Gasteiger partial charge in [-0.3, -0.25) is 9.59 Å². The lowest BCUT2D eigenvalue weighted by Gasteiger charge is -2.35. The van der Waals surface area contributed by atoms with Crippen molar-refractivity contribution >= 4 is 35.0 Å². The number of amides is 2. The van der Waals surface area contributed by atoms with Crippen LogP contribution in [0.2, 0.25) is 0 Å². The first-order valence-corrected chi connectivity index (χ1v) is 11.5. The van der Waals surface area contributed by atoms with Crippen molar-refractivity contribution in [2.75, 3.05) is 61.3 Å². The number of carbonyl (C=O) groups excluding carboxylic acids is 2. The van der Waals surface area contributed by atoms with Crippen LogP contribution >= 0.6 is 0 Å². The Morgan fingerprint density at radius 2 is 1.94 bits per heavy atom. The highest BCUT2D eigenvalue weighted by Crippen LogP contribution is 2.24. The largest absolute Gasteiger partial charge is 0.369 e. The van der Waals surface area contributed by atoms with E-state index in [9.17, 15) is 9.59 Å². The van der Waals surface area contributed by atoms with Gasteiger partial charge in [-0.05, 0) is 50.0 Å².